The highest BCUT2D eigenvalue weighted by molar-refractivity contribution is 7.21. The molecule has 0 spiro atoms. The van der Waals surface area contributed by atoms with E-state index in [-0.39, 0.29) is 29.3 Å². The maximum atomic E-state index is 13.8. The number of aromatic nitrogens is 3. The van der Waals surface area contributed by atoms with Crippen molar-refractivity contribution in [1.29, 1.82) is 0 Å². The van der Waals surface area contributed by atoms with Gasteiger partial charge in [0.2, 0.25) is 5.95 Å². The molecule has 0 radical (unpaired) electrons. The fourth-order valence-electron chi connectivity index (χ4n) is 3.63. The van der Waals surface area contributed by atoms with Crippen LogP contribution in [0.3, 0.4) is 0 Å². The van der Waals surface area contributed by atoms with E-state index in [2.05, 4.69) is 20.3 Å². The Balaban J connectivity index is 1.78. The standard InChI is InChI=1S/C18H19ClFN5O3S/c1-6-2-8(20)4-10-12(6)23-17(29-10)11-15(19)24-18(21)25-16(11)22-9-3-7(5-26)13(27)14(9)28/h2,4,7,9,13-14,26-28H,3,5H2,1H3,(H3,21,22,24,25). The Hall–Kier alpha value is -2.11. The summed E-state index contributed by atoms with van der Waals surface area (Å²) in [6, 6.07) is 2.21. The van der Waals surface area contributed by atoms with E-state index in [1.165, 1.54) is 23.5 Å². The smallest absolute Gasteiger partial charge is 0.223 e. The minimum absolute atomic E-state index is 0.0592. The summed E-state index contributed by atoms with van der Waals surface area (Å²) < 4.78 is 14.4. The molecule has 1 aliphatic carbocycles. The molecule has 1 saturated carbocycles. The van der Waals surface area contributed by atoms with Crippen LogP contribution in [0.5, 0.6) is 0 Å². The summed E-state index contributed by atoms with van der Waals surface area (Å²) in [6.45, 7) is 1.51. The Morgan fingerprint density at radius 3 is 2.72 bits per heavy atom. The number of hydrogen-bond donors (Lipinski definition) is 5. The van der Waals surface area contributed by atoms with E-state index in [1.807, 2.05) is 0 Å². The van der Waals surface area contributed by atoms with Crippen LogP contribution >= 0.6 is 22.9 Å². The zero-order chi connectivity index (χ0) is 20.9. The molecule has 154 valence electrons. The number of aliphatic hydroxyl groups is 3. The number of thiazole rings is 1. The number of nitrogens with two attached hydrogens (primary N) is 1. The Bertz CT molecular complexity index is 1080. The summed E-state index contributed by atoms with van der Waals surface area (Å²) in [7, 11) is 0. The van der Waals surface area contributed by atoms with Crippen molar-refractivity contribution < 1.29 is 19.7 Å². The van der Waals surface area contributed by atoms with Gasteiger partial charge in [-0.15, -0.1) is 11.3 Å². The fourth-order valence-corrected chi connectivity index (χ4v) is 5.07. The van der Waals surface area contributed by atoms with Crippen LogP contribution in [0.2, 0.25) is 5.15 Å². The van der Waals surface area contributed by atoms with Crippen LogP contribution in [0.15, 0.2) is 12.1 Å². The first-order chi connectivity index (χ1) is 13.8. The predicted molar refractivity (Wildman–Crippen MR) is 109 cm³/mol. The molecule has 4 rings (SSSR count). The van der Waals surface area contributed by atoms with E-state index < -0.39 is 24.2 Å². The quantitative estimate of drug-likeness (QED) is 0.389. The third-order valence-corrected chi connectivity index (χ3v) is 6.40. The van der Waals surface area contributed by atoms with E-state index >= 15 is 0 Å². The lowest BCUT2D eigenvalue weighted by Crippen LogP contribution is -2.35. The molecule has 3 aromatic rings. The molecule has 1 fully saturated rings. The van der Waals surface area contributed by atoms with Gasteiger partial charge in [-0.1, -0.05) is 11.6 Å². The molecule has 0 amide bonds. The van der Waals surface area contributed by atoms with Gasteiger partial charge in [-0.25, -0.2) is 14.4 Å². The molecule has 4 unspecified atom stereocenters. The number of nitrogen functional groups attached to an aromatic ring is 1. The maximum Gasteiger partial charge on any atom is 0.223 e. The van der Waals surface area contributed by atoms with E-state index in [4.69, 9.17) is 17.3 Å². The van der Waals surface area contributed by atoms with Crippen molar-refractivity contribution in [3.05, 3.63) is 28.7 Å². The Kier molecular flexibility index (Phi) is 5.30. The zero-order valence-electron chi connectivity index (χ0n) is 15.3. The summed E-state index contributed by atoms with van der Waals surface area (Å²) in [5.74, 6) is -0.652. The van der Waals surface area contributed by atoms with Gasteiger partial charge < -0.3 is 26.4 Å². The number of nitrogens with zero attached hydrogens (tertiary/aromatic N) is 3. The molecule has 2 heterocycles. The molecule has 4 atom stereocenters. The molecule has 11 heteroatoms. The Morgan fingerprint density at radius 2 is 2.03 bits per heavy atom. The van der Waals surface area contributed by atoms with Crippen molar-refractivity contribution in [2.24, 2.45) is 5.92 Å². The second kappa shape index (κ2) is 7.62. The Labute approximate surface area is 174 Å². The van der Waals surface area contributed by atoms with Gasteiger partial charge in [-0.05, 0) is 31.0 Å². The van der Waals surface area contributed by atoms with E-state index in [9.17, 15) is 19.7 Å². The highest BCUT2D eigenvalue weighted by Gasteiger charge is 2.41. The van der Waals surface area contributed by atoms with Crippen molar-refractivity contribution in [3.63, 3.8) is 0 Å². The van der Waals surface area contributed by atoms with Gasteiger partial charge in [0.15, 0.2) is 0 Å². The van der Waals surface area contributed by atoms with E-state index in [1.54, 1.807) is 6.92 Å². The third-order valence-electron chi connectivity index (χ3n) is 5.10. The average Bonchev–Trinajstić information content (AvgIpc) is 3.17. The van der Waals surface area contributed by atoms with Crippen LogP contribution in [0.25, 0.3) is 20.8 Å². The highest BCUT2D eigenvalue weighted by atomic mass is 35.5. The molecular weight excluding hydrogens is 421 g/mol. The minimum Gasteiger partial charge on any atom is -0.396 e. The van der Waals surface area contributed by atoms with Gasteiger partial charge in [0.1, 0.15) is 27.9 Å². The van der Waals surface area contributed by atoms with Gasteiger partial charge in [-0.2, -0.15) is 4.98 Å². The van der Waals surface area contributed by atoms with Crippen LogP contribution in [-0.2, 0) is 0 Å². The molecule has 1 aliphatic rings. The zero-order valence-corrected chi connectivity index (χ0v) is 16.9. The molecule has 0 saturated heterocycles. The second-order valence-electron chi connectivity index (χ2n) is 7.10. The summed E-state index contributed by atoms with van der Waals surface area (Å²) in [5.41, 5.74) is 7.45. The van der Waals surface area contributed by atoms with Crippen molar-refractivity contribution >= 4 is 44.9 Å². The van der Waals surface area contributed by atoms with Crippen LogP contribution in [0, 0.1) is 18.7 Å². The number of hydrogen-bond acceptors (Lipinski definition) is 9. The monoisotopic (exact) mass is 439 g/mol. The van der Waals surface area contributed by atoms with Crippen molar-refractivity contribution in [3.8, 4) is 10.6 Å². The van der Waals surface area contributed by atoms with Gasteiger partial charge >= 0.3 is 0 Å². The van der Waals surface area contributed by atoms with Crippen LogP contribution < -0.4 is 11.1 Å². The lowest BCUT2D eigenvalue weighted by molar-refractivity contribution is 0.00446. The normalized spacial score (nSPS) is 24.3. The number of aryl methyl sites for hydroxylation is 1. The van der Waals surface area contributed by atoms with Gasteiger partial charge in [0, 0.05) is 12.5 Å². The number of rotatable bonds is 4. The average molecular weight is 440 g/mol. The summed E-state index contributed by atoms with van der Waals surface area (Å²) in [4.78, 5) is 12.8. The highest BCUT2D eigenvalue weighted by Crippen LogP contribution is 2.40. The van der Waals surface area contributed by atoms with Crippen molar-refractivity contribution in [1.82, 2.24) is 15.0 Å². The number of fused-ring (bicyclic) bond motifs is 1. The van der Waals surface area contributed by atoms with Crippen molar-refractivity contribution in [2.75, 3.05) is 17.7 Å². The Morgan fingerprint density at radius 1 is 1.28 bits per heavy atom. The van der Waals surface area contributed by atoms with Crippen LogP contribution in [-0.4, -0.2) is 55.1 Å². The first kappa shape index (κ1) is 20.2. The molecule has 8 nitrogen and oxygen atoms in total. The topological polar surface area (TPSA) is 137 Å². The van der Waals surface area contributed by atoms with Gasteiger partial charge in [0.05, 0.1) is 27.9 Å². The first-order valence-electron chi connectivity index (χ1n) is 8.92. The number of nitrogens with one attached hydrogen (secondary N) is 1. The predicted octanol–water partition coefficient (Wildman–Crippen LogP) is 1.95. The molecule has 6 N–H and O–H groups in total. The minimum atomic E-state index is -1.11. The summed E-state index contributed by atoms with van der Waals surface area (Å²) >= 11 is 7.57. The molecule has 1 aromatic carbocycles. The number of anilines is 2. The third kappa shape index (κ3) is 3.62. The van der Waals surface area contributed by atoms with Crippen LogP contribution in [0.1, 0.15) is 12.0 Å². The lowest BCUT2D eigenvalue weighted by Gasteiger charge is -2.20. The molecule has 29 heavy (non-hydrogen) atoms. The SMILES string of the molecule is Cc1cc(F)cc2sc(-c3c(Cl)nc(N)nc3NC3CC(CO)C(O)C3O)nc12. The maximum absolute atomic E-state index is 13.8. The first-order valence-corrected chi connectivity index (χ1v) is 10.1. The summed E-state index contributed by atoms with van der Waals surface area (Å²) in [5, 5.41) is 33.4. The molecule has 0 aliphatic heterocycles. The second-order valence-corrected chi connectivity index (χ2v) is 8.48. The van der Waals surface area contributed by atoms with Crippen molar-refractivity contribution in [2.45, 2.75) is 31.6 Å². The summed E-state index contributed by atoms with van der Waals surface area (Å²) in [6.07, 6.45) is -1.85. The van der Waals surface area contributed by atoms with Crippen LogP contribution in [0.4, 0.5) is 16.2 Å². The molecular formula is C18H19ClFN5O3S. The lowest BCUT2D eigenvalue weighted by atomic mass is 10.1. The van der Waals surface area contributed by atoms with Gasteiger partial charge in [-0.3, -0.25) is 0 Å². The van der Waals surface area contributed by atoms with Gasteiger partial charge in [0.25, 0.3) is 0 Å². The van der Waals surface area contributed by atoms with E-state index in [0.717, 1.165) is 0 Å². The van der Waals surface area contributed by atoms with E-state index in [0.29, 0.717) is 32.8 Å². The molecule has 2 aromatic heterocycles. The number of aliphatic hydroxyl groups excluding tert-OH is 3. The number of halogens is 2. The fraction of sp³-hybridized carbons (Fsp3) is 0.389. The largest absolute Gasteiger partial charge is 0.396 e. The number of benzene rings is 1. The molecule has 0 bridgehead atoms.